The van der Waals surface area contributed by atoms with Gasteiger partial charge in [0.15, 0.2) is 5.12 Å². The van der Waals surface area contributed by atoms with Gasteiger partial charge >= 0.3 is 0 Å². The number of nitrogens with zero attached hydrogens (tertiary/aromatic N) is 1. The second-order valence-electron chi connectivity index (χ2n) is 3.49. The molecule has 18 heavy (non-hydrogen) atoms. The summed E-state index contributed by atoms with van der Waals surface area (Å²) in [4.78, 5) is 21.1. The van der Waals surface area contributed by atoms with Gasteiger partial charge in [0.1, 0.15) is 5.69 Å². The Hall–Kier alpha value is -1.82. The van der Waals surface area contributed by atoms with Crippen LogP contribution in [0.15, 0.2) is 24.3 Å². The molecule has 0 aliphatic carbocycles. The number of rotatable bonds is 5. The van der Waals surface area contributed by atoms with E-state index >= 15 is 0 Å². The van der Waals surface area contributed by atoms with E-state index in [2.05, 4.69) is 5.32 Å². The van der Waals surface area contributed by atoms with Crippen molar-refractivity contribution in [2.75, 3.05) is 18.1 Å². The lowest BCUT2D eigenvalue weighted by atomic mass is 10.1. The van der Waals surface area contributed by atoms with Crippen LogP contribution in [0, 0.1) is 10.1 Å². The predicted octanol–water partition coefficient (Wildman–Crippen LogP) is 2.93. The molecule has 0 amide bonds. The van der Waals surface area contributed by atoms with Gasteiger partial charge in [0.05, 0.1) is 4.92 Å². The Morgan fingerprint density at radius 1 is 1.56 bits per heavy atom. The smallest absolute Gasteiger partial charge is 0.292 e. The van der Waals surface area contributed by atoms with Gasteiger partial charge < -0.3 is 5.32 Å². The average molecular weight is 266 g/mol. The lowest BCUT2D eigenvalue weighted by molar-refractivity contribution is -0.383. The molecule has 96 valence electrons. The molecule has 1 N–H and O–H groups in total. The van der Waals surface area contributed by atoms with Crippen LogP contribution in [0.3, 0.4) is 0 Å². The standard InChI is InChI=1S/C12H14N2O3S/c1-9(15)18-7-3-4-10-5-6-11(13-2)12(8-10)14(16)17/h3-6,8,13H,7H2,1-2H3. The molecule has 0 heterocycles. The fourth-order valence-corrected chi connectivity index (χ4v) is 1.79. The minimum atomic E-state index is -0.423. The van der Waals surface area contributed by atoms with Crippen LogP contribution in [0.1, 0.15) is 12.5 Å². The molecule has 0 atom stereocenters. The van der Waals surface area contributed by atoms with Crippen LogP contribution in [-0.4, -0.2) is 22.8 Å². The van der Waals surface area contributed by atoms with E-state index in [1.54, 1.807) is 25.3 Å². The number of anilines is 1. The molecule has 1 aromatic carbocycles. The summed E-state index contributed by atoms with van der Waals surface area (Å²) in [5.74, 6) is 0.566. The van der Waals surface area contributed by atoms with Crippen molar-refractivity contribution < 1.29 is 9.72 Å². The first kappa shape index (κ1) is 14.2. The SMILES string of the molecule is CNc1ccc(C=CCSC(C)=O)cc1[N+](=O)[O-]. The Labute approximate surface area is 109 Å². The van der Waals surface area contributed by atoms with Gasteiger partial charge in [0, 0.05) is 25.8 Å². The molecule has 0 radical (unpaired) electrons. The monoisotopic (exact) mass is 266 g/mol. The van der Waals surface area contributed by atoms with Crippen LogP contribution in [0.2, 0.25) is 0 Å². The van der Waals surface area contributed by atoms with Gasteiger partial charge in [-0.1, -0.05) is 30.0 Å². The lowest BCUT2D eigenvalue weighted by Crippen LogP contribution is -1.96. The summed E-state index contributed by atoms with van der Waals surface area (Å²) in [6.45, 7) is 1.51. The molecule has 0 aromatic heterocycles. The number of carbonyl (C=O) groups is 1. The number of hydrogen-bond donors (Lipinski definition) is 1. The van der Waals surface area contributed by atoms with Crippen molar-refractivity contribution in [3.05, 3.63) is 40.0 Å². The van der Waals surface area contributed by atoms with Crippen molar-refractivity contribution in [1.82, 2.24) is 0 Å². The number of carbonyl (C=O) groups excluding carboxylic acids is 1. The summed E-state index contributed by atoms with van der Waals surface area (Å²) in [7, 11) is 1.64. The number of nitro benzene ring substituents is 1. The topological polar surface area (TPSA) is 72.2 Å². The first-order valence-corrected chi connectivity index (χ1v) is 6.29. The Morgan fingerprint density at radius 2 is 2.28 bits per heavy atom. The second kappa shape index (κ2) is 6.80. The molecule has 0 saturated heterocycles. The Balaban J connectivity index is 2.82. The summed E-state index contributed by atoms with van der Waals surface area (Å²) >= 11 is 1.20. The molecule has 0 aliphatic rings. The van der Waals surface area contributed by atoms with Crippen LogP contribution in [0.5, 0.6) is 0 Å². The van der Waals surface area contributed by atoms with Crippen LogP contribution >= 0.6 is 11.8 Å². The molecule has 5 nitrogen and oxygen atoms in total. The van der Waals surface area contributed by atoms with Crippen LogP contribution in [-0.2, 0) is 4.79 Å². The zero-order valence-electron chi connectivity index (χ0n) is 10.2. The molecule has 0 unspecified atom stereocenters. The third-order valence-electron chi connectivity index (χ3n) is 2.18. The number of nitrogens with one attached hydrogen (secondary N) is 1. The number of thioether (sulfide) groups is 1. The third-order valence-corrected chi connectivity index (χ3v) is 2.95. The number of nitro groups is 1. The fraction of sp³-hybridized carbons (Fsp3) is 0.250. The summed E-state index contributed by atoms with van der Waals surface area (Å²) in [6.07, 6.45) is 3.58. The van der Waals surface area contributed by atoms with Crippen LogP contribution < -0.4 is 5.32 Å². The maximum Gasteiger partial charge on any atom is 0.292 e. The zero-order chi connectivity index (χ0) is 13.5. The quantitative estimate of drug-likeness (QED) is 0.655. The van der Waals surface area contributed by atoms with Crippen LogP contribution in [0.4, 0.5) is 11.4 Å². The molecule has 0 fully saturated rings. The molecule has 0 saturated carbocycles. The summed E-state index contributed by atoms with van der Waals surface area (Å²) < 4.78 is 0. The summed E-state index contributed by atoms with van der Waals surface area (Å²) in [5.41, 5.74) is 1.26. The summed E-state index contributed by atoms with van der Waals surface area (Å²) in [6, 6.07) is 4.95. The minimum Gasteiger partial charge on any atom is -0.383 e. The van der Waals surface area contributed by atoms with Gasteiger partial charge in [-0.2, -0.15) is 0 Å². The maximum atomic E-state index is 10.8. The van der Waals surface area contributed by atoms with E-state index in [-0.39, 0.29) is 10.8 Å². The van der Waals surface area contributed by atoms with E-state index in [9.17, 15) is 14.9 Å². The van der Waals surface area contributed by atoms with E-state index in [0.29, 0.717) is 11.4 Å². The van der Waals surface area contributed by atoms with Crippen molar-refractivity contribution in [1.29, 1.82) is 0 Å². The van der Waals surface area contributed by atoms with E-state index in [4.69, 9.17) is 0 Å². The van der Waals surface area contributed by atoms with Gasteiger partial charge in [-0.25, -0.2) is 0 Å². The number of hydrogen-bond acceptors (Lipinski definition) is 5. The maximum absolute atomic E-state index is 10.8. The van der Waals surface area contributed by atoms with Gasteiger partial charge in [-0.15, -0.1) is 0 Å². The Bertz CT molecular complexity index is 486. The zero-order valence-corrected chi connectivity index (χ0v) is 11.0. The highest BCUT2D eigenvalue weighted by Crippen LogP contribution is 2.25. The van der Waals surface area contributed by atoms with E-state index in [1.165, 1.54) is 24.8 Å². The Morgan fingerprint density at radius 3 is 2.83 bits per heavy atom. The van der Waals surface area contributed by atoms with Gasteiger partial charge in [0.25, 0.3) is 5.69 Å². The van der Waals surface area contributed by atoms with Gasteiger partial charge in [0.2, 0.25) is 0 Å². The van der Waals surface area contributed by atoms with Crippen molar-refractivity contribution in [3.8, 4) is 0 Å². The highest BCUT2D eigenvalue weighted by Gasteiger charge is 2.12. The van der Waals surface area contributed by atoms with E-state index in [0.717, 1.165) is 5.56 Å². The summed E-state index contributed by atoms with van der Waals surface area (Å²) in [5, 5.41) is 13.7. The van der Waals surface area contributed by atoms with Crippen molar-refractivity contribution in [2.24, 2.45) is 0 Å². The first-order chi connectivity index (χ1) is 8.54. The third kappa shape index (κ3) is 4.21. The van der Waals surface area contributed by atoms with Crippen molar-refractivity contribution >= 4 is 34.3 Å². The van der Waals surface area contributed by atoms with Crippen LogP contribution in [0.25, 0.3) is 6.08 Å². The molecule has 6 heteroatoms. The van der Waals surface area contributed by atoms with E-state index in [1.807, 2.05) is 6.08 Å². The first-order valence-electron chi connectivity index (χ1n) is 5.30. The van der Waals surface area contributed by atoms with E-state index < -0.39 is 4.92 Å². The van der Waals surface area contributed by atoms with Crippen molar-refractivity contribution in [2.45, 2.75) is 6.92 Å². The largest absolute Gasteiger partial charge is 0.383 e. The second-order valence-corrected chi connectivity index (χ2v) is 4.69. The minimum absolute atomic E-state index is 0.0406. The lowest BCUT2D eigenvalue weighted by Gasteiger charge is -2.02. The molecule has 0 aliphatic heterocycles. The molecule has 0 spiro atoms. The Kier molecular flexibility index (Phi) is 5.38. The molecular formula is C12H14N2O3S. The molecule has 0 bridgehead atoms. The highest BCUT2D eigenvalue weighted by molar-refractivity contribution is 8.13. The fourth-order valence-electron chi connectivity index (χ4n) is 1.36. The molecular weight excluding hydrogens is 252 g/mol. The molecule has 1 aromatic rings. The van der Waals surface area contributed by atoms with Gasteiger partial charge in [-0.05, 0) is 11.6 Å². The number of benzene rings is 1. The molecule has 1 rings (SSSR count). The van der Waals surface area contributed by atoms with Gasteiger partial charge in [-0.3, -0.25) is 14.9 Å². The normalized spacial score (nSPS) is 10.6. The van der Waals surface area contributed by atoms with Crippen molar-refractivity contribution in [3.63, 3.8) is 0 Å². The predicted molar refractivity (Wildman–Crippen MR) is 74.8 cm³/mol. The average Bonchev–Trinajstić information content (AvgIpc) is 2.34. The highest BCUT2D eigenvalue weighted by atomic mass is 32.2.